The van der Waals surface area contributed by atoms with Gasteiger partial charge in [-0.25, -0.2) is 9.98 Å². The maximum atomic E-state index is 12.0. The third-order valence-electron chi connectivity index (χ3n) is 5.19. The van der Waals surface area contributed by atoms with Crippen LogP contribution in [0.2, 0.25) is 0 Å². The molecule has 1 fully saturated rings. The van der Waals surface area contributed by atoms with Gasteiger partial charge in [0.05, 0.1) is 6.21 Å². The molecule has 1 N–H and O–H groups in total. The number of hydrogen-bond donors (Lipinski definition) is 1. The molecule has 6 nitrogen and oxygen atoms in total. The number of hydrogen-bond acceptors (Lipinski definition) is 4. The molecular weight excluding hydrogens is 364 g/mol. The Balaban J connectivity index is 1.47. The van der Waals surface area contributed by atoms with E-state index in [1.807, 2.05) is 44.5 Å². The molecular formula is C23H28N4O2. The van der Waals surface area contributed by atoms with Crippen LogP contribution in [0.4, 0.5) is 0 Å². The zero-order chi connectivity index (χ0) is 20.3. The Hall–Kier alpha value is -2.89. The molecule has 1 aromatic heterocycles. The lowest BCUT2D eigenvalue weighted by molar-refractivity contribution is -0.121. The van der Waals surface area contributed by atoms with E-state index in [2.05, 4.69) is 32.0 Å². The number of allylic oxidation sites excluding steroid dienone is 1. The van der Waals surface area contributed by atoms with Crippen LogP contribution in [0.3, 0.4) is 0 Å². The fourth-order valence-corrected chi connectivity index (χ4v) is 3.35. The summed E-state index contributed by atoms with van der Waals surface area (Å²) in [6.45, 7) is 4.67. The van der Waals surface area contributed by atoms with Crippen LogP contribution >= 0.6 is 0 Å². The number of ether oxygens (including phenoxy) is 1. The highest BCUT2D eigenvalue weighted by Crippen LogP contribution is 2.28. The number of nitrogens with zero attached hydrogens (tertiary/aromatic N) is 3. The number of aromatic nitrogens is 2. The predicted molar refractivity (Wildman–Crippen MR) is 114 cm³/mol. The molecule has 1 unspecified atom stereocenters. The van der Waals surface area contributed by atoms with E-state index in [4.69, 9.17) is 4.74 Å². The summed E-state index contributed by atoms with van der Waals surface area (Å²) >= 11 is 0. The van der Waals surface area contributed by atoms with E-state index in [0.717, 1.165) is 43.8 Å². The SMILES string of the molecule is C/C=C\c1nccn1Cc1ccc(OC2(C)C=N2)cc1CCCC(=O)NC1CC1. The van der Waals surface area contributed by atoms with Crippen molar-refractivity contribution in [2.45, 2.75) is 64.3 Å². The molecule has 2 aromatic rings. The topological polar surface area (TPSA) is 68.5 Å². The summed E-state index contributed by atoms with van der Waals surface area (Å²) < 4.78 is 8.09. The Bertz CT molecular complexity index is 934. The number of amides is 1. The Morgan fingerprint density at radius 1 is 1.38 bits per heavy atom. The fraction of sp³-hybridized carbons (Fsp3) is 0.435. The number of benzene rings is 1. The average Bonchev–Trinajstić information content (AvgIpc) is 3.60. The molecule has 1 aliphatic heterocycles. The minimum atomic E-state index is -0.494. The van der Waals surface area contributed by atoms with Crippen LogP contribution in [0, 0.1) is 0 Å². The van der Waals surface area contributed by atoms with Crippen molar-refractivity contribution in [2.24, 2.45) is 4.99 Å². The maximum Gasteiger partial charge on any atom is 0.232 e. The summed E-state index contributed by atoms with van der Waals surface area (Å²) in [5.74, 6) is 1.90. The number of imidazole rings is 1. The second-order valence-corrected chi connectivity index (χ2v) is 7.95. The molecule has 1 aromatic carbocycles. The molecule has 2 aliphatic rings. The van der Waals surface area contributed by atoms with Crippen molar-refractivity contribution in [1.82, 2.24) is 14.9 Å². The van der Waals surface area contributed by atoms with Crippen molar-refractivity contribution < 1.29 is 9.53 Å². The Labute approximate surface area is 171 Å². The van der Waals surface area contributed by atoms with E-state index >= 15 is 0 Å². The molecule has 0 saturated heterocycles. The molecule has 0 spiro atoms. The van der Waals surface area contributed by atoms with Gasteiger partial charge in [0.15, 0.2) is 0 Å². The van der Waals surface area contributed by atoms with Crippen molar-refractivity contribution in [3.8, 4) is 5.75 Å². The van der Waals surface area contributed by atoms with Crippen LogP contribution in [-0.4, -0.2) is 33.4 Å². The lowest BCUT2D eigenvalue weighted by Gasteiger charge is -2.16. The monoisotopic (exact) mass is 392 g/mol. The minimum absolute atomic E-state index is 0.158. The first-order valence-electron chi connectivity index (χ1n) is 10.3. The second-order valence-electron chi connectivity index (χ2n) is 7.95. The number of carbonyl (C=O) groups is 1. The van der Waals surface area contributed by atoms with Crippen LogP contribution in [0.5, 0.6) is 5.75 Å². The van der Waals surface area contributed by atoms with Gasteiger partial charge in [-0.15, -0.1) is 0 Å². The number of rotatable bonds is 10. The van der Waals surface area contributed by atoms with Gasteiger partial charge in [0.25, 0.3) is 0 Å². The number of nitrogens with one attached hydrogen (secondary N) is 1. The van der Waals surface area contributed by atoms with Crippen LogP contribution < -0.4 is 10.1 Å². The van der Waals surface area contributed by atoms with E-state index in [-0.39, 0.29) is 5.91 Å². The summed E-state index contributed by atoms with van der Waals surface area (Å²) in [5, 5.41) is 3.06. The van der Waals surface area contributed by atoms with Crippen molar-refractivity contribution >= 4 is 18.2 Å². The average molecular weight is 393 g/mol. The second kappa shape index (κ2) is 8.23. The van der Waals surface area contributed by atoms with Crippen molar-refractivity contribution in [1.29, 1.82) is 0 Å². The highest BCUT2D eigenvalue weighted by molar-refractivity contribution is 5.81. The Kier molecular flexibility index (Phi) is 5.51. The van der Waals surface area contributed by atoms with Crippen molar-refractivity contribution in [3.63, 3.8) is 0 Å². The van der Waals surface area contributed by atoms with Gasteiger partial charge in [0, 0.05) is 38.3 Å². The smallest absolute Gasteiger partial charge is 0.232 e. The third-order valence-corrected chi connectivity index (χ3v) is 5.19. The molecule has 2 heterocycles. The summed E-state index contributed by atoms with van der Waals surface area (Å²) in [5.41, 5.74) is 1.92. The first kappa shape index (κ1) is 19.4. The number of aryl methyl sites for hydroxylation is 1. The van der Waals surface area contributed by atoms with Gasteiger partial charge in [0.2, 0.25) is 11.6 Å². The van der Waals surface area contributed by atoms with Crippen LogP contribution in [-0.2, 0) is 17.8 Å². The fourth-order valence-electron chi connectivity index (χ4n) is 3.35. The first-order chi connectivity index (χ1) is 14.0. The molecule has 1 aliphatic carbocycles. The lowest BCUT2D eigenvalue weighted by Crippen LogP contribution is -2.25. The maximum absolute atomic E-state index is 12.0. The van der Waals surface area contributed by atoms with Crippen LogP contribution in [0.1, 0.15) is 56.5 Å². The summed E-state index contributed by atoms with van der Waals surface area (Å²) in [7, 11) is 0. The highest BCUT2D eigenvalue weighted by atomic mass is 16.5. The molecule has 1 amide bonds. The minimum Gasteiger partial charge on any atom is -0.461 e. The van der Waals surface area contributed by atoms with Gasteiger partial charge < -0.3 is 14.6 Å². The molecule has 29 heavy (non-hydrogen) atoms. The van der Waals surface area contributed by atoms with Crippen molar-refractivity contribution in [3.05, 3.63) is 53.6 Å². The summed E-state index contributed by atoms with van der Waals surface area (Å²) in [6, 6.07) is 6.62. The zero-order valence-electron chi connectivity index (χ0n) is 17.1. The molecule has 6 heteroatoms. The Morgan fingerprint density at radius 2 is 2.21 bits per heavy atom. The van der Waals surface area contributed by atoms with Crippen molar-refractivity contribution in [2.75, 3.05) is 0 Å². The molecule has 1 saturated carbocycles. The van der Waals surface area contributed by atoms with Gasteiger partial charge >= 0.3 is 0 Å². The highest BCUT2D eigenvalue weighted by Gasteiger charge is 2.33. The number of aliphatic imine (C=N–C) groups is 1. The van der Waals surface area contributed by atoms with E-state index in [9.17, 15) is 4.79 Å². The van der Waals surface area contributed by atoms with E-state index in [1.165, 1.54) is 11.1 Å². The largest absolute Gasteiger partial charge is 0.461 e. The van der Waals surface area contributed by atoms with Gasteiger partial charge in [-0.1, -0.05) is 12.1 Å². The summed E-state index contributed by atoms with van der Waals surface area (Å²) in [4.78, 5) is 20.6. The van der Waals surface area contributed by atoms with E-state index in [0.29, 0.717) is 12.5 Å². The zero-order valence-corrected chi connectivity index (χ0v) is 17.1. The quantitative estimate of drug-likeness (QED) is 0.670. The van der Waals surface area contributed by atoms with Gasteiger partial charge in [-0.3, -0.25) is 4.79 Å². The Morgan fingerprint density at radius 3 is 2.93 bits per heavy atom. The normalized spacial score (nSPS) is 20.2. The standard InChI is InChI=1S/C23H28N4O2/c1-3-5-21-24-12-13-27(21)15-18-8-11-20(29-23(2)16-25-23)14-17(18)6-4-7-22(28)26-19-9-10-19/h3,5,8,11-14,16,19H,4,6-7,9-10,15H2,1-2H3,(H,26,28)/b5-3-. The predicted octanol–water partition coefficient (Wildman–Crippen LogP) is 3.75. The molecule has 1 atom stereocenters. The summed E-state index contributed by atoms with van der Waals surface area (Å²) in [6.07, 6.45) is 14.0. The molecule has 0 radical (unpaired) electrons. The van der Waals surface area contributed by atoms with Gasteiger partial charge in [-0.2, -0.15) is 0 Å². The van der Waals surface area contributed by atoms with Crippen LogP contribution in [0.25, 0.3) is 6.08 Å². The lowest BCUT2D eigenvalue weighted by atomic mass is 10.0. The first-order valence-corrected chi connectivity index (χ1v) is 10.3. The molecule has 0 bridgehead atoms. The van der Waals surface area contributed by atoms with Gasteiger partial charge in [-0.05, 0) is 61.9 Å². The van der Waals surface area contributed by atoms with E-state index in [1.54, 1.807) is 6.21 Å². The molecule has 4 rings (SSSR count). The number of carbonyl (C=O) groups excluding carboxylic acids is 1. The van der Waals surface area contributed by atoms with Crippen LogP contribution in [0.15, 0.2) is 41.7 Å². The third kappa shape index (κ3) is 5.34. The molecule has 152 valence electrons. The van der Waals surface area contributed by atoms with Gasteiger partial charge in [0.1, 0.15) is 11.6 Å². The van der Waals surface area contributed by atoms with E-state index < -0.39 is 5.72 Å².